The maximum atomic E-state index is 12.1. The molecule has 1 atom stereocenters. The first-order valence-electron chi connectivity index (χ1n) is 6.67. The molecule has 1 aromatic rings. The zero-order chi connectivity index (χ0) is 14.7. The van der Waals surface area contributed by atoms with Gasteiger partial charge in [0.2, 0.25) is 11.1 Å². The SMILES string of the molecule is Cc1nnc(S[C@@H](C)C(=O)NC2CCCC2)n(N)c1=O. The molecule has 20 heavy (non-hydrogen) atoms. The first-order chi connectivity index (χ1) is 9.49. The van der Waals surface area contributed by atoms with Gasteiger partial charge in [0.05, 0.1) is 5.25 Å². The number of amides is 1. The number of carbonyl (C=O) groups excluding carboxylic acids is 1. The Bertz CT molecular complexity index is 553. The minimum absolute atomic E-state index is 0.0586. The summed E-state index contributed by atoms with van der Waals surface area (Å²) in [6.07, 6.45) is 4.40. The van der Waals surface area contributed by atoms with Crippen LogP contribution in [0, 0.1) is 6.92 Å². The second-order valence-corrected chi connectivity index (χ2v) is 6.30. The number of nitrogens with one attached hydrogen (secondary N) is 1. The van der Waals surface area contributed by atoms with E-state index in [1.807, 2.05) is 0 Å². The summed E-state index contributed by atoms with van der Waals surface area (Å²) >= 11 is 1.14. The van der Waals surface area contributed by atoms with Gasteiger partial charge in [-0.1, -0.05) is 24.6 Å². The molecule has 0 bridgehead atoms. The molecule has 3 N–H and O–H groups in total. The Labute approximate surface area is 121 Å². The number of aromatic nitrogens is 3. The minimum Gasteiger partial charge on any atom is -0.352 e. The van der Waals surface area contributed by atoms with E-state index in [0.29, 0.717) is 0 Å². The maximum absolute atomic E-state index is 12.1. The van der Waals surface area contributed by atoms with E-state index in [9.17, 15) is 9.59 Å². The Morgan fingerprint density at radius 1 is 1.45 bits per heavy atom. The molecule has 0 radical (unpaired) electrons. The van der Waals surface area contributed by atoms with Gasteiger partial charge in [-0.05, 0) is 26.7 Å². The minimum atomic E-state index is -0.397. The van der Waals surface area contributed by atoms with Crippen molar-refractivity contribution in [2.24, 2.45) is 0 Å². The van der Waals surface area contributed by atoms with Crippen LogP contribution in [-0.2, 0) is 4.79 Å². The summed E-state index contributed by atoms with van der Waals surface area (Å²) in [5.74, 6) is 5.59. The van der Waals surface area contributed by atoms with Gasteiger partial charge < -0.3 is 11.2 Å². The van der Waals surface area contributed by atoms with Crippen molar-refractivity contribution < 1.29 is 4.79 Å². The highest BCUT2D eigenvalue weighted by Crippen LogP contribution is 2.21. The molecule has 1 heterocycles. The largest absolute Gasteiger partial charge is 0.352 e. The third-order valence-corrected chi connectivity index (χ3v) is 4.43. The molecular formula is C12H19N5O2S. The monoisotopic (exact) mass is 297 g/mol. The highest BCUT2D eigenvalue weighted by molar-refractivity contribution is 8.00. The summed E-state index contributed by atoms with van der Waals surface area (Å²) in [6, 6.07) is 0.273. The second kappa shape index (κ2) is 6.25. The Balaban J connectivity index is 2.00. The van der Waals surface area contributed by atoms with Gasteiger partial charge in [0, 0.05) is 6.04 Å². The van der Waals surface area contributed by atoms with Crippen LogP contribution in [0.3, 0.4) is 0 Å². The summed E-state index contributed by atoms with van der Waals surface area (Å²) in [4.78, 5) is 23.7. The van der Waals surface area contributed by atoms with Crippen molar-refractivity contribution in [3.8, 4) is 0 Å². The topological polar surface area (TPSA) is 103 Å². The average Bonchev–Trinajstić information content (AvgIpc) is 2.92. The molecule has 0 aromatic carbocycles. The van der Waals surface area contributed by atoms with Gasteiger partial charge in [0.1, 0.15) is 5.69 Å². The molecule has 1 saturated carbocycles. The third-order valence-electron chi connectivity index (χ3n) is 3.37. The molecule has 0 saturated heterocycles. The number of nitrogens with two attached hydrogens (primary N) is 1. The van der Waals surface area contributed by atoms with Gasteiger partial charge in [-0.2, -0.15) is 4.68 Å². The van der Waals surface area contributed by atoms with Gasteiger partial charge in [0.15, 0.2) is 0 Å². The van der Waals surface area contributed by atoms with Crippen LogP contribution in [0.1, 0.15) is 38.3 Å². The van der Waals surface area contributed by atoms with Crippen LogP contribution in [0.2, 0.25) is 0 Å². The number of carbonyl (C=O) groups is 1. The number of hydrogen-bond donors (Lipinski definition) is 2. The summed E-state index contributed by atoms with van der Waals surface area (Å²) < 4.78 is 0.937. The fraction of sp³-hybridized carbons (Fsp3) is 0.667. The Morgan fingerprint density at radius 3 is 2.75 bits per heavy atom. The molecule has 7 nitrogen and oxygen atoms in total. The van der Waals surface area contributed by atoms with Crippen LogP contribution in [0.4, 0.5) is 0 Å². The molecule has 1 aliphatic rings. The number of hydrogen-bond acceptors (Lipinski definition) is 6. The quantitative estimate of drug-likeness (QED) is 0.608. The van der Waals surface area contributed by atoms with Crippen molar-refractivity contribution in [3.05, 3.63) is 16.0 Å². The van der Waals surface area contributed by atoms with Gasteiger partial charge in [-0.15, -0.1) is 10.2 Å². The second-order valence-electron chi connectivity index (χ2n) is 4.99. The van der Waals surface area contributed by atoms with Crippen molar-refractivity contribution in [1.29, 1.82) is 0 Å². The highest BCUT2D eigenvalue weighted by Gasteiger charge is 2.22. The van der Waals surface area contributed by atoms with Gasteiger partial charge in [-0.25, -0.2) is 0 Å². The van der Waals surface area contributed by atoms with E-state index in [-0.39, 0.29) is 28.0 Å². The van der Waals surface area contributed by atoms with Crippen molar-refractivity contribution in [1.82, 2.24) is 20.2 Å². The third kappa shape index (κ3) is 3.30. The van der Waals surface area contributed by atoms with Crippen LogP contribution < -0.4 is 16.7 Å². The van der Waals surface area contributed by atoms with Crippen molar-refractivity contribution in [2.45, 2.75) is 56.0 Å². The molecule has 8 heteroatoms. The smallest absolute Gasteiger partial charge is 0.294 e. The Hall–Kier alpha value is -1.57. The predicted octanol–water partition coefficient (Wildman–Crippen LogP) is 0.200. The van der Waals surface area contributed by atoms with Gasteiger partial charge in [-0.3, -0.25) is 9.59 Å². The van der Waals surface area contributed by atoms with E-state index in [4.69, 9.17) is 5.84 Å². The summed E-state index contributed by atoms with van der Waals surface area (Å²) in [7, 11) is 0. The standard InChI is InChI=1S/C12H19N5O2S/c1-7-11(19)17(13)12(16-15-7)20-8(2)10(18)14-9-5-3-4-6-9/h8-9H,3-6,13H2,1-2H3,(H,14,18)/t8-/m0/s1. The molecule has 1 amide bonds. The van der Waals surface area contributed by atoms with Crippen molar-refractivity contribution in [2.75, 3.05) is 5.84 Å². The Morgan fingerprint density at radius 2 is 2.10 bits per heavy atom. The van der Waals surface area contributed by atoms with E-state index in [1.165, 1.54) is 0 Å². The molecule has 0 unspecified atom stereocenters. The molecule has 0 aliphatic heterocycles. The lowest BCUT2D eigenvalue weighted by Gasteiger charge is -2.16. The molecule has 1 fully saturated rings. The van der Waals surface area contributed by atoms with Crippen LogP contribution in [0.5, 0.6) is 0 Å². The molecule has 2 rings (SSSR count). The van der Waals surface area contributed by atoms with Crippen LogP contribution in [0.25, 0.3) is 0 Å². The van der Waals surface area contributed by atoms with E-state index >= 15 is 0 Å². The van der Waals surface area contributed by atoms with E-state index in [0.717, 1.165) is 42.1 Å². The summed E-state index contributed by atoms with van der Waals surface area (Å²) in [5, 5.41) is 10.5. The normalized spacial score (nSPS) is 17.1. The fourth-order valence-corrected chi connectivity index (χ4v) is 2.93. The van der Waals surface area contributed by atoms with E-state index in [2.05, 4.69) is 15.5 Å². The highest BCUT2D eigenvalue weighted by atomic mass is 32.2. The zero-order valence-corrected chi connectivity index (χ0v) is 12.4. The summed E-state index contributed by atoms with van der Waals surface area (Å²) in [5.41, 5.74) is -0.161. The average molecular weight is 297 g/mol. The lowest BCUT2D eigenvalue weighted by atomic mass is 10.2. The predicted molar refractivity (Wildman–Crippen MR) is 76.9 cm³/mol. The molecule has 1 aromatic heterocycles. The number of aryl methyl sites for hydroxylation is 1. The van der Waals surface area contributed by atoms with Gasteiger partial charge >= 0.3 is 0 Å². The number of nitrogens with zero attached hydrogens (tertiary/aromatic N) is 3. The lowest BCUT2D eigenvalue weighted by Crippen LogP contribution is -2.38. The maximum Gasteiger partial charge on any atom is 0.294 e. The van der Waals surface area contributed by atoms with Gasteiger partial charge in [0.25, 0.3) is 5.56 Å². The molecule has 110 valence electrons. The number of thioether (sulfide) groups is 1. The van der Waals surface area contributed by atoms with Crippen LogP contribution >= 0.6 is 11.8 Å². The first-order valence-corrected chi connectivity index (χ1v) is 7.55. The molecule has 0 spiro atoms. The number of rotatable bonds is 4. The lowest BCUT2D eigenvalue weighted by molar-refractivity contribution is -0.120. The van der Waals surface area contributed by atoms with Crippen LogP contribution in [-0.4, -0.2) is 32.1 Å². The van der Waals surface area contributed by atoms with E-state index in [1.54, 1.807) is 13.8 Å². The summed E-state index contributed by atoms with van der Waals surface area (Å²) in [6.45, 7) is 3.31. The van der Waals surface area contributed by atoms with E-state index < -0.39 is 5.56 Å². The fourth-order valence-electron chi connectivity index (χ4n) is 2.15. The molecule has 1 aliphatic carbocycles. The number of nitrogen functional groups attached to an aromatic ring is 1. The van der Waals surface area contributed by atoms with Crippen molar-refractivity contribution >= 4 is 17.7 Å². The Kier molecular flexibility index (Phi) is 4.64. The zero-order valence-electron chi connectivity index (χ0n) is 11.6. The first kappa shape index (κ1) is 14.8. The van der Waals surface area contributed by atoms with Crippen molar-refractivity contribution in [3.63, 3.8) is 0 Å². The molecular weight excluding hydrogens is 278 g/mol. The van der Waals surface area contributed by atoms with Crippen LogP contribution in [0.15, 0.2) is 9.95 Å².